The van der Waals surface area contributed by atoms with E-state index in [1.165, 1.54) is 11.1 Å². The van der Waals surface area contributed by atoms with Crippen molar-refractivity contribution in [2.24, 2.45) is 0 Å². The molecule has 0 unspecified atom stereocenters. The minimum Gasteiger partial charge on any atom is -0.389 e. The highest BCUT2D eigenvalue weighted by Crippen LogP contribution is 2.23. The average Bonchev–Trinajstić information content (AvgIpc) is 2.54. The van der Waals surface area contributed by atoms with Crippen LogP contribution in [-0.2, 0) is 17.8 Å². The highest BCUT2D eigenvalue weighted by atomic mass is 16.5. The molecule has 1 N–H and O–H groups in total. The van der Waals surface area contributed by atoms with Gasteiger partial charge in [0, 0.05) is 13.1 Å². The van der Waals surface area contributed by atoms with Crippen molar-refractivity contribution in [3.63, 3.8) is 0 Å². The third-order valence-electron chi connectivity index (χ3n) is 4.39. The molecule has 3 nitrogen and oxygen atoms in total. The quantitative estimate of drug-likeness (QED) is 0.748. The van der Waals surface area contributed by atoms with Crippen molar-refractivity contribution < 1.29 is 9.84 Å². The van der Waals surface area contributed by atoms with Crippen LogP contribution in [-0.4, -0.2) is 33.9 Å². The smallest absolute Gasteiger partial charge is 0.0768 e. The van der Waals surface area contributed by atoms with Gasteiger partial charge in [-0.1, -0.05) is 60.7 Å². The van der Waals surface area contributed by atoms with E-state index >= 15 is 0 Å². The molecule has 0 amide bonds. The number of hydrogen-bond donors (Lipinski definition) is 1. The van der Waals surface area contributed by atoms with Gasteiger partial charge in [0.1, 0.15) is 0 Å². The van der Waals surface area contributed by atoms with Crippen molar-refractivity contribution in [3.8, 4) is 0 Å². The zero-order chi connectivity index (χ0) is 19.2. The Morgan fingerprint density at radius 2 is 1.23 bits per heavy atom. The second-order valence-electron chi connectivity index (χ2n) is 8.47. The molecule has 0 aliphatic heterocycles. The lowest BCUT2D eigenvalue weighted by atomic mass is 9.96. The summed E-state index contributed by atoms with van der Waals surface area (Å²) in [7, 11) is 0. The number of benzene rings is 2. The molecule has 0 fully saturated rings. The maximum atomic E-state index is 10.9. The van der Waals surface area contributed by atoms with Gasteiger partial charge >= 0.3 is 0 Å². The molecular formula is C23H33NO2. The first-order chi connectivity index (χ1) is 12.1. The summed E-state index contributed by atoms with van der Waals surface area (Å²) in [6.07, 6.45) is 0. The van der Waals surface area contributed by atoms with Gasteiger partial charge in [0.15, 0.2) is 0 Å². The molecule has 0 saturated heterocycles. The lowest BCUT2D eigenvalue weighted by Crippen LogP contribution is -2.52. The number of nitrogens with zero attached hydrogens (tertiary/aromatic N) is 1. The Balaban J connectivity index is 2.27. The van der Waals surface area contributed by atoms with Crippen LogP contribution in [0, 0.1) is 0 Å². The van der Waals surface area contributed by atoms with E-state index in [1.807, 2.05) is 46.8 Å². The first-order valence-corrected chi connectivity index (χ1v) is 9.33. The van der Waals surface area contributed by atoms with Crippen molar-refractivity contribution in [1.82, 2.24) is 4.90 Å². The highest BCUT2D eigenvalue weighted by Gasteiger charge is 2.34. The van der Waals surface area contributed by atoms with E-state index < -0.39 is 5.60 Å². The molecule has 0 aliphatic carbocycles. The van der Waals surface area contributed by atoms with Crippen LogP contribution < -0.4 is 0 Å². The molecule has 2 rings (SSSR count). The van der Waals surface area contributed by atoms with E-state index in [-0.39, 0.29) is 11.6 Å². The fourth-order valence-electron chi connectivity index (χ4n) is 3.00. The van der Waals surface area contributed by atoms with Gasteiger partial charge in [-0.3, -0.25) is 4.90 Å². The summed E-state index contributed by atoms with van der Waals surface area (Å²) in [6.45, 7) is 11.9. The standard InChI is InChI=1S/C23H33NO2/c1-22(2,3)26-18-21(23(4,5)25)24(16-19-12-8-6-9-13-19)17-20-14-10-7-11-15-20/h6-15,21,25H,16-18H2,1-5H3/t21-/m0/s1. The van der Waals surface area contributed by atoms with Gasteiger partial charge in [-0.25, -0.2) is 0 Å². The largest absolute Gasteiger partial charge is 0.389 e. The number of aliphatic hydroxyl groups is 1. The van der Waals surface area contributed by atoms with Crippen LogP contribution in [0.2, 0.25) is 0 Å². The Labute approximate surface area is 158 Å². The average molecular weight is 356 g/mol. The van der Waals surface area contributed by atoms with Crippen LogP contribution in [0.4, 0.5) is 0 Å². The van der Waals surface area contributed by atoms with Crippen molar-refractivity contribution in [2.45, 2.75) is 65.0 Å². The molecule has 2 aromatic rings. The summed E-state index contributed by atoms with van der Waals surface area (Å²) >= 11 is 0. The van der Waals surface area contributed by atoms with Gasteiger partial charge in [0.05, 0.1) is 23.9 Å². The molecule has 142 valence electrons. The topological polar surface area (TPSA) is 32.7 Å². The van der Waals surface area contributed by atoms with Crippen molar-refractivity contribution in [2.75, 3.05) is 6.61 Å². The van der Waals surface area contributed by atoms with Gasteiger partial charge in [0.25, 0.3) is 0 Å². The molecule has 26 heavy (non-hydrogen) atoms. The molecule has 0 aromatic heterocycles. The molecule has 0 radical (unpaired) electrons. The molecule has 0 saturated carbocycles. The molecule has 1 atom stereocenters. The molecule has 0 bridgehead atoms. The third-order valence-corrected chi connectivity index (χ3v) is 4.39. The van der Waals surface area contributed by atoms with E-state index in [0.29, 0.717) is 6.61 Å². The van der Waals surface area contributed by atoms with Crippen LogP contribution in [0.1, 0.15) is 45.7 Å². The van der Waals surface area contributed by atoms with E-state index in [4.69, 9.17) is 4.74 Å². The summed E-state index contributed by atoms with van der Waals surface area (Å²) in [5.41, 5.74) is 1.34. The Morgan fingerprint density at radius 1 is 0.808 bits per heavy atom. The molecular weight excluding hydrogens is 322 g/mol. The molecule has 0 aliphatic rings. The van der Waals surface area contributed by atoms with Crippen LogP contribution >= 0.6 is 0 Å². The number of hydrogen-bond acceptors (Lipinski definition) is 3. The van der Waals surface area contributed by atoms with Crippen LogP contribution in [0.25, 0.3) is 0 Å². The van der Waals surface area contributed by atoms with Gasteiger partial charge in [-0.15, -0.1) is 0 Å². The molecule has 0 spiro atoms. The summed E-state index contributed by atoms with van der Waals surface area (Å²) in [4.78, 5) is 2.32. The Morgan fingerprint density at radius 3 is 1.58 bits per heavy atom. The van der Waals surface area contributed by atoms with E-state index in [1.54, 1.807) is 0 Å². The van der Waals surface area contributed by atoms with Crippen molar-refractivity contribution in [1.29, 1.82) is 0 Å². The maximum absolute atomic E-state index is 10.9. The SMILES string of the molecule is CC(C)(C)OC[C@H](N(Cc1ccccc1)Cc1ccccc1)C(C)(C)O. The van der Waals surface area contributed by atoms with E-state index in [9.17, 15) is 5.11 Å². The van der Waals surface area contributed by atoms with Gasteiger partial charge in [0.2, 0.25) is 0 Å². The lowest BCUT2D eigenvalue weighted by Gasteiger charge is -2.40. The Hall–Kier alpha value is -1.68. The second-order valence-corrected chi connectivity index (χ2v) is 8.47. The zero-order valence-electron chi connectivity index (χ0n) is 16.8. The Bertz CT molecular complexity index is 600. The number of rotatable bonds is 8. The fourth-order valence-corrected chi connectivity index (χ4v) is 3.00. The van der Waals surface area contributed by atoms with Crippen LogP contribution in [0.5, 0.6) is 0 Å². The maximum Gasteiger partial charge on any atom is 0.0768 e. The van der Waals surface area contributed by atoms with Crippen LogP contribution in [0.15, 0.2) is 60.7 Å². The Kier molecular flexibility index (Phi) is 6.99. The predicted molar refractivity (Wildman–Crippen MR) is 108 cm³/mol. The monoisotopic (exact) mass is 355 g/mol. The first kappa shape index (κ1) is 20.6. The van der Waals surface area contributed by atoms with Crippen LogP contribution in [0.3, 0.4) is 0 Å². The minimum absolute atomic E-state index is 0.123. The second kappa shape index (κ2) is 8.81. The summed E-state index contributed by atoms with van der Waals surface area (Å²) < 4.78 is 6.07. The van der Waals surface area contributed by atoms with E-state index in [2.05, 4.69) is 53.4 Å². The molecule has 0 heterocycles. The molecule has 3 heteroatoms. The summed E-state index contributed by atoms with van der Waals surface area (Å²) in [6, 6.07) is 20.7. The summed E-state index contributed by atoms with van der Waals surface area (Å²) in [5.74, 6) is 0. The lowest BCUT2D eigenvalue weighted by molar-refractivity contribution is -0.0981. The van der Waals surface area contributed by atoms with Crippen molar-refractivity contribution in [3.05, 3.63) is 71.8 Å². The zero-order valence-corrected chi connectivity index (χ0v) is 16.8. The molecule has 2 aromatic carbocycles. The minimum atomic E-state index is -0.880. The number of ether oxygens (including phenoxy) is 1. The van der Waals surface area contributed by atoms with Gasteiger partial charge < -0.3 is 9.84 Å². The highest BCUT2D eigenvalue weighted by molar-refractivity contribution is 5.17. The van der Waals surface area contributed by atoms with Gasteiger partial charge in [-0.2, -0.15) is 0 Å². The first-order valence-electron chi connectivity index (χ1n) is 9.33. The normalized spacial score (nSPS) is 13.8. The predicted octanol–water partition coefficient (Wildman–Crippen LogP) is 4.64. The van der Waals surface area contributed by atoms with Gasteiger partial charge in [-0.05, 0) is 45.7 Å². The fraction of sp³-hybridized carbons (Fsp3) is 0.478. The van der Waals surface area contributed by atoms with Crippen molar-refractivity contribution >= 4 is 0 Å². The summed E-state index contributed by atoms with van der Waals surface area (Å²) in [5, 5.41) is 10.9. The van der Waals surface area contributed by atoms with E-state index in [0.717, 1.165) is 13.1 Å². The third kappa shape index (κ3) is 6.91.